The van der Waals surface area contributed by atoms with Crippen LogP contribution in [-0.2, 0) is 19.6 Å². The Hall–Kier alpha value is -1.93. The van der Waals surface area contributed by atoms with Crippen molar-refractivity contribution in [2.45, 2.75) is 37.6 Å². The number of sulfonamides is 1. The summed E-state index contributed by atoms with van der Waals surface area (Å²) in [5.74, 6) is -0.570. The van der Waals surface area contributed by atoms with E-state index in [1.807, 2.05) is 6.92 Å². The zero-order valence-corrected chi connectivity index (χ0v) is 15.7. The van der Waals surface area contributed by atoms with Crippen LogP contribution in [0.1, 0.15) is 35.7 Å². The predicted molar refractivity (Wildman–Crippen MR) is 92.7 cm³/mol. The van der Waals surface area contributed by atoms with Gasteiger partial charge in [-0.15, -0.1) is 0 Å². The number of ether oxygens (including phenoxy) is 1. The molecule has 1 fully saturated rings. The van der Waals surface area contributed by atoms with Crippen LogP contribution in [0.15, 0.2) is 23.1 Å². The molecule has 25 heavy (non-hydrogen) atoms. The van der Waals surface area contributed by atoms with Gasteiger partial charge in [0.05, 0.1) is 10.5 Å². The van der Waals surface area contributed by atoms with Gasteiger partial charge >= 0.3 is 5.97 Å². The minimum atomic E-state index is -3.65. The Morgan fingerprint density at radius 1 is 1.32 bits per heavy atom. The molecule has 1 amide bonds. The lowest BCUT2D eigenvalue weighted by Gasteiger charge is -2.14. The van der Waals surface area contributed by atoms with Gasteiger partial charge in [-0.3, -0.25) is 4.79 Å². The van der Waals surface area contributed by atoms with Crippen molar-refractivity contribution in [2.75, 3.05) is 20.7 Å². The third-order valence-electron chi connectivity index (χ3n) is 4.26. The molecular weight excluding hydrogens is 344 g/mol. The highest BCUT2D eigenvalue weighted by molar-refractivity contribution is 7.89. The van der Waals surface area contributed by atoms with Crippen molar-refractivity contribution in [1.29, 1.82) is 0 Å². The molecule has 2 rings (SSSR count). The van der Waals surface area contributed by atoms with Crippen molar-refractivity contribution >= 4 is 21.9 Å². The Bertz CT molecular complexity index is 769. The van der Waals surface area contributed by atoms with E-state index in [0.29, 0.717) is 11.5 Å². The van der Waals surface area contributed by atoms with Crippen molar-refractivity contribution in [1.82, 2.24) is 9.62 Å². The summed E-state index contributed by atoms with van der Waals surface area (Å²) >= 11 is 0. The summed E-state index contributed by atoms with van der Waals surface area (Å²) in [7, 11) is -0.823. The summed E-state index contributed by atoms with van der Waals surface area (Å²) in [5.41, 5.74) is 0.709. The van der Waals surface area contributed by atoms with Crippen LogP contribution in [0, 0.1) is 12.8 Å². The lowest BCUT2D eigenvalue weighted by molar-refractivity contribution is -0.125. The second-order valence-electron chi connectivity index (χ2n) is 6.53. The normalized spacial score (nSPS) is 15.7. The molecule has 0 saturated heterocycles. The molecule has 1 atom stereocenters. The summed E-state index contributed by atoms with van der Waals surface area (Å²) < 4.78 is 30.5. The summed E-state index contributed by atoms with van der Waals surface area (Å²) in [4.78, 5) is 24.1. The molecule has 1 aromatic carbocycles. The number of hydrogen-bond donors (Lipinski definition) is 1. The first-order chi connectivity index (χ1) is 11.6. The number of carbonyl (C=O) groups is 2. The Morgan fingerprint density at radius 3 is 2.52 bits per heavy atom. The molecule has 1 N–H and O–H groups in total. The first-order valence-corrected chi connectivity index (χ1v) is 9.56. The molecule has 138 valence electrons. The fourth-order valence-corrected chi connectivity index (χ4v) is 3.34. The second kappa shape index (κ2) is 7.53. The summed E-state index contributed by atoms with van der Waals surface area (Å²) in [5, 5.41) is 2.80. The van der Waals surface area contributed by atoms with Crippen LogP contribution >= 0.6 is 0 Å². The number of rotatable bonds is 7. The van der Waals surface area contributed by atoms with Crippen molar-refractivity contribution in [3.63, 3.8) is 0 Å². The molecule has 0 unspecified atom stereocenters. The molecule has 0 bridgehead atoms. The zero-order valence-electron chi connectivity index (χ0n) is 14.9. The van der Waals surface area contributed by atoms with Gasteiger partial charge in [-0.25, -0.2) is 17.5 Å². The monoisotopic (exact) mass is 368 g/mol. The van der Waals surface area contributed by atoms with Crippen molar-refractivity contribution < 1.29 is 22.7 Å². The molecule has 0 radical (unpaired) electrons. The number of carbonyl (C=O) groups excluding carboxylic acids is 2. The third kappa shape index (κ3) is 4.79. The van der Waals surface area contributed by atoms with E-state index in [1.165, 1.54) is 26.2 Å². The molecule has 0 aliphatic heterocycles. The van der Waals surface area contributed by atoms with Crippen molar-refractivity contribution in [3.8, 4) is 0 Å². The number of hydrogen-bond acceptors (Lipinski definition) is 5. The molecule has 0 aromatic heterocycles. The lowest BCUT2D eigenvalue weighted by atomic mass is 10.1. The minimum absolute atomic E-state index is 0.00172. The maximum atomic E-state index is 12.2. The number of aryl methyl sites for hydroxylation is 1. The number of amides is 1. The number of nitrogens with one attached hydrogen (secondary N) is 1. The molecule has 0 heterocycles. The summed E-state index contributed by atoms with van der Waals surface area (Å²) in [6.45, 7) is 3.22. The molecule has 8 heteroatoms. The van der Waals surface area contributed by atoms with E-state index in [1.54, 1.807) is 13.0 Å². The molecule has 7 nitrogen and oxygen atoms in total. The lowest BCUT2D eigenvalue weighted by Crippen LogP contribution is -2.37. The third-order valence-corrected chi connectivity index (χ3v) is 6.07. The Balaban J connectivity index is 2.04. The predicted octanol–water partition coefficient (Wildman–Crippen LogP) is 1.32. The zero-order chi connectivity index (χ0) is 18.8. The maximum absolute atomic E-state index is 12.2. The van der Waals surface area contributed by atoms with Gasteiger partial charge in [-0.2, -0.15) is 0 Å². The van der Waals surface area contributed by atoms with Crippen LogP contribution in [0.5, 0.6) is 0 Å². The smallest absolute Gasteiger partial charge is 0.338 e. The number of nitrogens with zero attached hydrogens (tertiary/aromatic N) is 1. The van der Waals surface area contributed by atoms with Crippen molar-refractivity contribution in [2.24, 2.45) is 5.92 Å². The molecule has 1 aromatic rings. The fourth-order valence-electron chi connectivity index (χ4n) is 2.41. The van der Waals surface area contributed by atoms with E-state index >= 15 is 0 Å². The quantitative estimate of drug-likeness (QED) is 0.733. The average molecular weight is 368 g/mol. The Kier molecular flexibility index (Phi) is 5.84. The van der Waals surface area contributed by atoms with E-state index in [4.69, 9.17) is 4.74 Å². The molecule has 1 saturated carbocycles. The van der Waals surface area contributed by atoms with Crippen LogP contribution in [-0.4, -0.2) is 51.3 Å². The largest absolute Gasteiger partial charge is 0.452 e. The van der Waals surface area contributed by atoms with Gasteiger partial charge in [0.25, 0.3) is 5.91 Å². The first kappa shape index (κ1) is 19.4. The standard InChI is InChI=1S/C17H24N2O5S/c1-11-5-8-14(25(22,23)19(3)4)9-15(11)17(21)24-10-16(20)18-12(2)13-6-7-13/h5,8-9,12-13H,6-7,10H2,1-4H3,(H,18,20)/t12-/m0/s1. The molecule has 0 spiro atoms. The number of benzene rings is 1. The maximum Gasteiger partial charge on any atom is 0.338 e. The van der Waals surface area contributed by atoms with Gasteiger partial charge in [0.2, 0.25) is 10.0 Å². The van der Waals surface area contributed by atoms with Crippen LogP contribution in [0.2, 0.25) is 0 Å². The highest BCUT2D eigenvalue weighted by Gasteiger charge is 2.29. The molecule has 1 aliphatic rings. The topological polar surface area (TPSA) is 92.8 Å². The Morgan fingerprint density at radius 2 is 1.96 bits per heavy atom. The van der Waals surface area contributed by atoms with Gasteiger partial charge in [0, 0.05) is 20.1 Å². The van der Waals surface area contributed by atoms with Crippen molar-refractivity contribution in [3.05, 3.63) is 29.3 Å². The van der Waals surface area contributed by atoms with Gasteiger partial charge < -0.3 is 10.1 Å². The van der Waals surface area contributed by atoms with Gasteiger partial charge in [-0.05, 0) is 50.3 Å². The van der Waals surface area contributed by atoms with Crippen LogP contribution < -0.4 is 5.32 Å². The van der Waals surface area contributed by atoms with Gasteiger partial charge in [0.1, 0.15) is 0 Å². The first-order valence-electron chi connectivity index (χ1n) is 8.12. The number of esters is 1. The van der Waals surface area contributed by atoms with Gasteiger partial charge in [0.15, 0.2) is 6.61 Å². The Labute approximate surface area is 148 Å². The van der Waals surface area contributed by atoms with Crippen LogP contribution in [0.25, 0.3) is 0 Å². The summed E-state index contributed by atoms with van der Waals surface area (Å²) in [6.07, 6.45) is 2.21. The van der Waals surface area contributed by atoms with E-state index in [2.05, 4.69) is 5.32 Å². The average Bonchev–Trinajstić information content (AvgIpc) is 3.37. The van der Waals surface area contributed by atoms with E-state index < -0.39 is 16.0 Å². The van der Waals surface area contributed by atoms with Gasteiger partial charge in [-0.1, -0.05) is 6.07 Å². The summed E-state index contributed by atoms with van der Waals surface area (Å²) in [6, 6.07) is 4.33. The second-order valence-corrected chi connectivity index (χ2v) is 8.69. The highest BCUT2D eigenvalue weighted by atomic mass is 32.2. The van der Waals surface area contributed by atoms with E-state index in [-0.39, 0.29) is 29.0 Å². The highest BCUT2D eigenvalue weighted by Crippen LogP contribution is 2.32. The van der Waals surface area contributed by atoms with E-state index in [0.717, 1.165) is 17.1 Å². The molecule has 1 aliphatic carbocycles. The van der Waals surface area contributed by atoms with E-state index in [9.17, 15) is 18.0 Å². The molecular formula is C17H24N2O5S. The van der Waals surface area contributed by atoms with Crippen LogP contribution in [0.3, 0.4) is 0 Å². The SMILES string of the molecule is Cc1ccc(S(=O)(=O)N(C)C)cc1C(=O)OCC(=O)N[C@@H](C)C1CC1. The van der Waals surface area contributed by atoms with Crippen LogP contribution in [0.4, 0.5) is 0 Å². The minimum Gasteiger partial charge on any atom is -0.452 e. The fraction of sp³-hybridized carbons (Fsp3) is 0.529.